The van der Waals surface area contributed by atoms with Crippen molar-refractivity contribution < 1.29 is 36.3 Å². The van der Waals surface area contributed by atoms with Gasteiger partial charge in [-0.15, -0.1) is 0 Å². The van der Waals surface area contributed by atoms with Crippen molar-refractivity contribution in [2.24, 2.45) is 5.92 Å². The summed E-state index contributed by atoms with van der Waals surface area (Å²) in [6.45, 7) is 2.21. The summed E-state index contributed by atoms with van der Waals surface area (Å²) in [7, 11) is -4.37. The van der Waals surface area contributed by atoms with Crippen molar-refractivity contribution in [3.8, 4) is 0 Å². The quantitative estimate of drug-likeness (QED) is 0.694. The summed E-state index contributed by atoms with van der Waals surface area (Å²) < 4.78 is 64.2. The standard InChI is InChI=1S/C15H19F3N2O5S/c1-10(2)8-20(9-14(22)23)13(21)7-19-26(24,25)12-5-3-4-11(6-12)15(16,17)18/h3-6,10,19H,7-9H2,1-2H3,(H,22,23). The van der Waals surface area contributed by atoms with E-state index >= 15 is 0 Å². The van der Waals surface area contributed by atoms with Crippen molar-refractivity contribution in [1.29, 1.82) is 0 Å². The van der Waals surface area contributed by atoms with Gasteiger partial charge in [0.1, 0.15) is 6.54 Å². The maximum absolute atomic E-state index is 12.7. The van der Waals surface area contributed by atoms with E-state index in [2.05, 4.69) is 0 Å². The first kappa shape index (κ1) is 21.9. The molecule has 0 fully saturated rings. The van der Waals surface area contributed by atoms with Crippen LogP contribution < -0.4 is 4.72 Å². The zero-order chi connectivity index (χ0) is 20.1. The number of nitrogens with one attached hydrogen (secondary N) is 1. The highest BCUT2D eigenvalue weighted by atomic mass is 32.2. The topological polar surface area (TPSA) is 104 Å². The van der Waals surface area contributed by atoms with Crippen LogP contribution in [0.3, 0.4) is 0 Å². The number of nitrogens with zero attached hydrogens (tertiary/aromatic N) is 1. The van der Waals surface area contributed by atoms with Gasteiger partial charge in [-0.3, -0.25) is 9.59 Å². The van der Waals surface area contributed by atoms with Crippen LogP contribution >= 0.6 is 0 Å². The Kier molecular flexibility index (Phi) is 7.16. The number of hydrogen-bond acceptors (Lipinski definition) is 4. The van der Waals surface area contributed by atoms with Crippen LogP contribution in [0.1, 0.15) is 19.4 Å². The van der Waals surface area contributed by atoms with E-state index in [0.29, 0.717) is 6.07 Å². The fourth-order valence-corrected chi connectivity index (χ4v) is 3.07. The number of carbonyl (C=O) groups excluding carboxylic acids is 1. The van der Waals surface area contributed by atoms with Crippen LogP contribution in [0.4, 0.5) is 13.2 Å². The van der Waals surface area contributed by atoms with Crippen LogP contribution in [-0.2, 0) is 25.8 Å². The summed E-state index contributed by atoms with van der Waals surface area (Å²) in [6, 6.07) is 3.08. The summed E-state index contributed by atoms with van der Waals surface area (Å²) in [5.41, 5.74) is -1.14. The first-order chi connectivity index (χ1) is 11.8. The third-order valence-corrected chi connectivity index (χ3v) is 4.55. The molecule has 0 bridgehead atoms. The molecule has 0 saturated carbocycles. The van der Waals surface area contributed by atoms with Gasteiger partial charge < -0.3 is 10.0 Å². The van der Waals surface area contributed by atoms with Gasteiger partial charge >= 0.3 is 12.1 Å². The number of aliphatic carboxylic acids is 1. The number of alkyl halides is 3. The van der Waals surface area contributed by atoms with E-state index in [9.17, 15) is 31.2 Å². The molecule has 0 radical (unpaired) electrons. The van der Waals surface area contributed by atoms with Gasteiger partial charge in [-0.1, -0.05) is 19.9 Å². The van der Waals surface area contributed by atoms with Gasteiger partial charge in [-0.05, 0) is 24.1 Å². The van der Waals surface area contributed by atoms with E-state index in [-0.39, 0.29) is 12.5 Å². The molecular weight excluding hydrogens is 377 g/mol. The number of hydrogen-bond donors (Lipinski definition) is 2. The smallest absolute Gasteiger partial charge is 0.416 e. The number of halogens is 3. The number of carboxylic acids is 1. The summed E-state index contributed by atoms with van der Waals surface area (Å²) in [5.74, 6) is -2.12. The SMILES string of the molecule is CC(C)CN(CC(=O)O)C(=O)CNS(=O)(=O)c1cccc(C(F)(F)F)c1. The lowest BCUT2D eigenvalue weighted by Gasteiger charge is -2.22. The van der Waals surface area contributed by atoms with Gasteiger partial charge in [0.25, 0.3) is 0 Å². The summed E-state index contributed by atoms with van der Waals surface area (Å²) >= 11 is 0. The Balaban J connectivity index is 2.90. The Bertz CT molecular complexity index is 763. The minimum absolute atomic E-state index is 0.0571. The van der Waals surface area contributed by atoms with Crippen LogP contribution in [-0.4, -0.2) is 49.9 Å². The zero-order valence-corrected chi connectivity index (χ0v) is 14.9. The molecule has 0 spiro atoms. The normalized spacial score (nSPS) is 12.2. The molecule has 7 nitrogen and oxygen atoms in total. The van der Waals surface area contributed by atoms with Gasteiger partial charge in [0, 0.05) is 6.54 Å². The van der Waals surface area contributed by atoms with E-state index < -0.39 is 51.6 Å². The summed E-state index contributed by atoms with van der Waals surface area (Å²) in [5, 5.41) is 8.82. The van der Waals surface area contributed by atoms with E-state index in [4.69, 9.17) is 5.11 Å². The number of sulfonamides is 1. The van der Waals surface area contributed by atoms with Crippen LogP contribution in [0.25, 0.3) is 0 Å². The monoisotopic (exact) mass is 396 g/mol. The second kappa shape index (κ2) is 8.49. The Morgan fingerprint density at radius 2 is 1.88 bits per heavy atom. The van der Waals surface area contributed by atoms with Gasteiger partial charge in [0.15, 0.2) is 0 Å². The molecule has 0 atom stereocenters. The predicted octanol–water partition coefficient (Wildman–Crippen LogP) is 1.55. The van der Waals surface area contributed by atoms with Gasteiger partial charge in [-0.2, -0.15) is 13.2 Å². The predicted molar refractivity (Wildman–Crippen MR) is 85.7 cm³/mol. The Morgan fingerprint density at radius 3 is 2.38 bits per heavy atom. The minimum Gasteiger partial charge on any atom is -0.480 e. The molecule has 1 aromatic carbocycles. The second-order valence-corrected chi connectivity index (χ2v) is 7.68. The van der Waals surface area contributed by atoms with Crippen molar-refractivity contribution in [3.05, 3.63) is 29.8 Å². The molecule has 2 N–H and O–H groups in total. The summed E-state index contributed by atoms with van der Waals surface area (Å²) in [6.07, 6.45) is -4.71. The largest absolute Gasteiger partial charge is 0.480 e. The van der Waals surface area contributed by atoms with Crippen molar-refractivity contribution in [2.45, 2.75) is 24.9 Å². The van der Waals surface area contributed by atoms with E-state index in [1.807, 2.05) is 4.72 Å². The van der Waals surface area contributed by atoms with Crippen molar-refractivity contribution in [3.63, 3.8) is 0 Å². The van der Waals surface area contributed by atoms with Crippen molar-refractivity contribution in [2.75, 3.05) is 19.6 Å². The van der Waals surface area contributed by atoms with Crippen LogP contribution in [0.5, 0.6) is 0 Å². The van der Waals surface area contributed by atoms with Crippen molar-refractivity contribution >= 4 is 21.9 Å². The fraction of sp³-hybridized carbons (Fsp3) is 0.467. The molecule has 0 aliphatic rings. The molecule has 26 heavy (non-hydrogen) atoms. The van der Waals surface area contributed by atoms with Crippen LogP contribution in [0, 0.1) is 5.92 Å². The Morgan fingerprint density at radius 1 is 1.27 bits per heavy atom. The van der Waals surface area contributed by atoms with Crippen molar-refractivity contribution in [1.82, 2.24) is 9.62 Å². The molecule has 0 aromatic heterocycles. The lowest BCUT2D eigenvalue weighted by molar-refractivity contribution is -0.144. The van der Waals surface area contributed by atoms with E-state index in [1.165, 1.54) is 0 Å². The fourth-order valence-electron chi connectivity index (χ4n) is 2.05. The van der Waals surface area contributed by atoms with Gasteiger partial charge in [0.05, 0.1) is 17.0 Å². The average Bonchev–Trinajstić information content (AvgIpc) is 2.50. The lowest BCUT2D eigenvalue weighted by Crippen LogP contribution is -2.44. The maximum atomic E-state index is 12.7. The second-order valence-electron chi connectivity index (χ2n) is 5.91. The molecule has 146 valence electrons. The number of rotatable bonds is 8. The lowest BCUT2D eigenvalue weighted by atomic mass is 10.2. The average molecular weight is 396 g/mol. The molecule has 11 heteroatoms. The molecule has 0 heterocycles. The number of amides is 1. The molecule has 0 aliphatic heterocycles. The molecule has 0 unspecified atom stereocenters. The Labute approximate surface area is 148 Å². The molecule has 0 saturated heterocycles. The zero-order valence-electron chi connectivity index (χ0n) is 14.1. The maximum Gasteiger partial charge on any atom is 0.416 e. The molecular formula is C15H19F3N2O5S. The molecule has 1 amide bonds. The highest BCUT2D eigenvalue weighted by molar-refractivity contribution is 7.89. The number of benzene rings is 1. The van der Waals surface area contributed by atoms with Crippen LogP contribution in [0.2, 0.25) is 0 Å². The first-order valence-electron chi connectivity index (χ1n) is 7.49. The van der Waals surface area contributed by atoms with E-state index in [1.54, 1.807) is 13.8 Å². The minimum atomic E-state index is -4.71. The van der Waals surface area contributed by atoms with Crippen LogP contribution in [0.15, 0.2) is 29.2 Å². The molecule has 0 aliphatic carbocycles. The Hall–Kier alpha value is -2.14. The van der Waals surface area contributed by atoms with E-state index in [0.717, 1.165) is 23.1 Å². The highest BCUT2D eigenvalue weighted by Crippen LogP contribution is 2.30. The highest BCUT2D eigenvalue weighted by Gasteiger charge is 2.31. The van der Waals surface area contributed by atoms with Gasteiger partial charge in [0.2, 0.25) is 15.9 Å². The third kappa shape index (κ3) is 6.64. The third-order valence-electron chi connectivity index (χ3n) is 3.15. The van der Waals surface area contributed by atoms with Gasteiger partial charge in [-0.25, -0.2) is 13.1 Å². The number of carbonyl (C=O) groups is 2. The number of carboxylic acid groups (broad SMARTS) is 1. The first-order valence-corrected chi connectivity index (χ1v) is 8.97. The molecule has 1 rings (SSSR count). The molecule has 1 aromatic rings. The summed E-state index contributed by atoms with van der Waals surface area (Å²) in [4.78, 5) is 23.2.